The Morgan fingerprint density at radius 3 is 2.78 bits per heavy atom. The van der Waals surface area contributed by atoms with E-state index in [-0.39, 0.29) is 18.5 Å². The minimum Gasteiger partial charge on any atom is -0.341 e. The first-order chi connectivity index (χ1) is 8.47. The fraction of sp³-hybridized carbons (Fsp3) is 0.273. The van der Waals surface area contributed by atoms with Crippen molar-refractivity contribution in [1.82, 2.24) is 4.90 Å². The van der Waals surface area contributed by atoms with Gasteiger partial charge in [0, 0.05) is 19.7 Å². The Hall–Kier alpha value is -2.49. The zero-order valence-corrected chi connectivity index (χ0v) is 9.59. The van der Waals surface area contributed by atoms with Crippen LogP contribution in [0.5, 0.6) is 0 Å². The summed E-state index contributed by atoms with van der Waals surface area (Å²) in [4.78, 5) is 22.6. The molecule has 0 saturated carbocycles. The summed E-state index contributed by atoms with van der Waals surface area (Å²) in [5, 5.41) is 18.8. The molecule has 0 saturated heterocycles. The topological polar surface area (TPSA) is 87.2 Å². The highest BCUT2D eigenvalue weighted by Crippen LogP contribution is 2.17. The molecule has 7 heteroatoms. The molecule has 0 aliphatic rings. The number of nitrogens with zero attached hydrogens (tertiary/aromatic N) is 3. The zero-order valence-electron chi connectivity index (χ0n) is 9.59. The molecule has 94 valence electrons. The summed E-state index contributed by atoms with van der Waals surface area (Å²) in [6.45, 7) is 0.172. The Morgan fingerprint density at radius 1 is 1.61 bits per heavy atom. The van der Waals surface area contributed by atoms with Crippen molar-refractivity contribution in [3.63, 3.8) is 0 Å². The maximum atomic E-state index is 13.5. The quantitative estimate of drug-likeness (QED) is 0.602. The molecule has 1 aromatic rings. The van der Waals surface area contributed by atoms with Gasteiger partial charge in [-0.3, -0.25) is 14.9 Å². The van der Waals surface area contributed by atoms with Crippen molar-refractivity contribution in [1.29, 1.82) is 5.26 Å². The predicted molar refractivity (Wildman–Crippen MR) is 60.2 cm³/mol. The summed E-state index contributed by atoms with van der Waals surface area (Å²) >= 11 is 0. The smallest absolute Gasteiger partial charge is 0.272 e. The van der Waals surface area contributed by atoms with Crippen molar-refractivity contribution in [2.24, 2.45) is 0 Å². The summed E-state index contributed by atoms with van der Waals surface area (Å²) in [6.07, 6.45) is 0.136. The summed E-state index contributed by atoms with van der Waals surface area (Å²) in [7, 11) is 1.43. The molecule has 0 fully saturated rings. The SMILES string of the molecule is CN(CCC#N)C(=O)c1ccc([N+](=O)[O-])cc1F. The molecule has 1 aromatic carbocycles. The standard InChI is InChI=1S/C11H10FN3O3/c1-14(6-2-5-13)11(16)9-4-3-8(15(17)18)7-10(9)12/h3-4,7H,2,6H2,1H3. The third kappa shape index (κ3) is 3.01. The van der Waals surface area contributed by atoms with E-state index in [4.69, 9.17) is 5.26 Å². The average Bonchev–Trinajstić information content (AvgIpc) is 2.34. The first-order valence-corrected chi connectivity index (χ1v) is 5.03. The van der Waals surface area contributed by atoms with Gasteiger partial charge in [-0.25, -0.2) is 4.39 Å². The van der Waals surface area contributed by atoms with Gasteiger partial charge in [-0.05, 0) is 6.07 Å². The van der Waals surface area contributed by atoms with Gasteiger partial charge in [-0.15, -0.1) is 0 Å². The van der Waals surface area contributed by atoms with Crippen LogP contribution in [0.2, 0.25) is 0 Å². The van der Waals surface area contributed by atoms with E-state index in [2.05, 4.69) is 0 Å². The molecule has 0 heterocycles. The molecule has 0 unspecified atom stereocenters. The largest absolute Gasteiger partial charge is 0.341 e. The fourth-order valence-corrected chi connectivity index (χ4v) is 1.32. The highest BCUT2D eigenvalue weighted by Gasteiger charge is 2.18. The zero-order chi connectivity index (χ0) is 13.7. The number of nitro groups is 1. The number of nitro benzene ring substituents is 1. The van der Waals surface area contributed by atoms with E-state index in [0.717, 1.165) is 12.1 Å². The van der Waals surface area contributed by atoms with Gasteiger partial charge in [0.15, 0.2) is 0 Å². The molecule has 0 atom stereocenters. The van der Waals surface area contributed by atoms with E-state index < -0.39 is 22.3 Å². The molecule has 0 aromatic heterocycles. The highest BCUT2D eigenvalue weighted by molar-refractivity contribution is 5.94. The van der Waals surface area contributed by atoms with Gasteiger partial charge in [-0.1, -0.05) is 0 Å². The third-order valence-electron chi connectivity index (χ3n) is 2.30. The van der Waals surface area contributed by atoms with E-state index in [1.54, 1.807) is 0 Å². The first-order valence-electron chi connectivity index (χ1n) is 5.03. The van der Waals surface area contributed by atoms with Crippen LogP contribution in [0.25, 0.3) is 0 Å². The van der Waals surface area contributed by atoms with Crippen molar-refractivity contribution >= 4 is 11.6 Å². The molecule has 0 radical (unpaired) electrons. The Kier molecular flexibility index (Phi) is 4.32. The van der Waals surface area contributed by atoms with Gasteiger partial charge >= 0.3 is 0 Å². The van der Waals surface area contributed by atoms with E-state index in [1.807, 2.05) is 6.07 Å². The molecular formula is C11H10FN3O3. The van der Waals surface area contributed by atoms with Gasteiger partial charge in [-0.2, -0.15) is 5.26 Å². The minimum atomic E-state index is -0.946. The van der Waals surface area contributed by atoms with Crippen molar-refractivity contribution in [3.05, 3.63) is 39.7 Å². The molecule has 0 N–H and O–H groups in total. The number of benzene rings is 1. The van der Waals surface area contributed by atoms with Gasteiger partial charge in [0.2, 0.25) is 0 Å². The summed E-state index contributed by atoms with van der Waals surface area (Å²) in [5.74, 6) is -1.56. The van der Waals surface area contributed by atoms with Gasteiger partial charge in [0.25, 0.3) is 11.6 Å². The molecule has 18 heavy (non-hydrogen) atoms. The molecule has 0 spiro atoms. The van der Waals surface area contributed by atoms with Crippen LogP contribution in [-0.4, -0.2) is 29.3 Å². The number of nitriles is 1. The molecule has 1 amide bonds. The second kappa shape index (κ2) is 5.72. The Labute approximate surface area is 102 Å². The van der Waals surface area contributed by atoms with Crippen molar-refractivity contribution in [2.45, 2.75) is 6.42 Å². The fourth-order valence-electron chi connectivity index (χ4n) is 1.32. The maximum Gasteiger partial charge on any atom is 0.272 e. The Bertz CT molecular complexity index is 525. The lowest BCUT2D eigenvalue weighted by atomic mass is 10.1. The minimum absolute atomic E-state index is 0.136. The molecule has 0 aliphatic heterocycles. The summed E-state index contributed by atoms with van der Waals surface area (Å²) in [5.41, 5.74) is -0.662. The van der Waals surface area contributed by atoms with Gasteiger partial charge in [0.1, 0.15) is 5.82 Å². The van der Waals surface area contributed by atoms with E-state index in [9.17, 15) is 19.3 Å². The van der Waals surface area contributed by atoms with Crippen LogP contribution in [-0.2, 0) is 0 Å². The monoisotopic (exact) mass is 251 g/mol. The first kappa shape index (κ1) is 13.6. The molecule has 0 aliphatic carbocycles. The number of hydrogen-bond donors (Lipinski definition) is 0. The van der Waals surface area contributed by atoms with Crippen molar-refractivity contribution < 1.29 is 14.1 Å². The number of non-ortho nitro benzene ring substituents is 1. The van der Waals surface area contributed by atoms with Gasteiger partial charge in [0.05, 0.1) is 29.0 Å². The number of rotatable bonds is 4. The van der Waals surface area contributed by atoms with Crippen LogP contribution in [0.3, 0.4) is 0 Å². The summed E-state index contributed by atoms with van der Waals surface area (Å²) < 4.78 is 13.5. The van der Waals surface area contributed by atoms with Crippen molar-refractivity contribution in [2.75, 3.05) is 13.6 Å². The van der Waals surface area contributed by atoms with Crippen LogP contribution >= 0.6 is 0 Å². The van der Waals surface area contributed by atoms with Crippen LogP contribution in [0, 0.1) is 27.3 Å². The number of carbonyl (C=O) groups is 1. The number of amides is 1. The lowest BCUT2D eigenvalue weighted by molar-refractivity contribution is -0.385. The molecule has 6 nitrogen and oxygen atoms in total. The Morgan fingerprint density at radius 2 is 2.28 bits per heavy atom. The lowest BCUT2D eigenvalue weighted by Crippen LogP contribution is -2.28. The van der Waals surface area contributed by atoms with Crippen LogP contribution in [0.1, 0.15) is 16.8 Å². The van der Waals surface area contributed by atoms with E-state index >= 15 is 0 Å². The predicted octanol–water partition coefficient (Wildman–Crippen LogP) is 1.72. The second-order valence-corrected chi connectivity index (χ2v) is 3.56. The Balaban J connectivity index is 2.94. The molecule has 1 rings (SSSR count). The lowest BCUT2D eigenvalue weighted by Gasteiger charge is -2.15. The average molecular weight is 251 g/mol. The van der Waals surface area contributed by atoms with Gasteiger partial charge < -0.3 is 4.90 Å². The second-order valence-electron chi connectivity index (χ2n) is 3.56. The number of carbonyl (C=O) groups excluding carboxylic acids is 1. The molecule has 0 bridgehead atoms. The van der Waals surface area contributed by atoms with E-state index in [0.29, 0.717) is 6.07 Å². The van der Waals surface area contributed by atoms with Crippen LogP contribution in [0.15, 0.2) is 18.2 Å². The highest BCUT2D eigenvalue weighted by atomic mass is 19.1. The van der Waals surface area contributed by atoms with Crippen LogP contribution in [0.4, 0.5) is 10.1 Å². The van der Waals surface area contributed by atoms with Crippen molar-refractivity contribution in [3.8, 4) is 6.07 Å². The third-order valence-corrected chi connectivity index (χ3v) is 2.30. The molecular weight excluding hydrogens is 241 g/mol. The maximum absolute atomic E-state index is 13.5. The number of hydrogen-bond acceptors (Lipinski definition) is 4. The van der Waals surface area contributed by atoms with Crippen LogP contribution < -0.4 is 0 Å². The summed E-state index contributed by atoms with van der Waals surface area (Å²) in [6, 6.07) is 4.70. The van der Waals surface area contributed by atoms with E-state index in [1.165, 1.54) is 11.9 Å². The normalized spacial score (nSPS) is 9.61. The number of halogens is 1.